The Balaban J connectivity index is 2.08. The van der Waals surface area contributed by atoms with E-state index in [4.69, 9.17) is 29.9 Å². The first-order valence-corrected chi connectivity index (χ1v) is 12.9. The van der Waals surface area contributed by atoms with E-state index in [2.05, 4.69) is 10.1 Å². The molecule has 0 spiro atoms. The number of aromatic nitrogens is 2. The first-order valence-electron chi connectivity index (χ1n) is 10.9. The van der Waals surface area contributed by atoms with Gasteiger partial charge in [-0.15, -0.1) is 0 Å². The van der Waals surface area contributed by atoms with Gasteiger partial charge in [0.05, 0.1) is 18.8 Å². The molecule has 10 heteroatoms. The largest absolute Gasteiger partial charge is 0.367 e. The third-order valence-corrected chi connectivity index (χ3v) is 7.24. The fourth-order valence-corrected chi connectivity index (χ4v) is 5.21. The second kappa shape index (κ2) is 12.3. The number of benzene rings is 1. The Hall–Kier alpha value is -1.28. The fraction of sp³-hybridized carbons (Fsp3) is 0.636. The molecule has 1 heterocycles. The van der Waals surface area contributed by atoms with Gasteiger partial charge in [-0.3, -0.25) is 4.57 Å². The number of nitrogens with zero attached hydrogens (tertiary/aromatic N) is 2. The molecule has 2 unspecified atom stereocenters. The van der Waals surface area contributed by atoms with Crippen molar-refractivity contribution < 1.29 is 28.0 Å². The molecule has 2 atom stereocenters. The lowest BCUT2D eigenvalue weighted by atomic mass is 10.1. The summed E-state index contributed by atoms with van der Waals surface area (Å²) < 4.78 is 35.4. The van der Waals surface area contributed by atoms with Gasteiger partial charge >= 0.3 is 7.60 Å². The van der Waals surface area contributed by atoms with Gasteiger partial charge in [0.1, 0.15) is 5.66 Å². The third kappa shape index (κ3) is 8.58. The van der Waals surface area contributed by atoms with Crippen LogP contribution in [0.3, 0.4) is 0 Å². The van der Waals surface area contributed by atoms with E-state index in [0.717, 1.165) is 12.8 Å². The number of aliphatic hydroxyl groups excluding tert-OH is 1. The van der Waals surface area contributed by atoms with Crippen LogP contribution in [-0.4, -0.2) is 46.0 Å². The number of aryl methyl sites for hydroxylation is 2. The van der Waals surface area contributed by atoms with Crippen LogP contribution in [0, 0.1) is 0 Å². The number of hydrogen-bond acceptors (Lipinski definition) is 8. The van der Waals surface area contributed by atoms with E-state index in [1.165, 1.54) is 5.56 Å². The second-order valence-corrected chi connectivity index (χ2v) is 11.0. The Labute approximate surface area is 195 Å². The number of halogens is 1. The van der Waals surface area contributed by atoms with Crippen molar-refractivity contribution in [3.63, 3.8) is 0 Å². The molecule has 0 aliphatic carbocycles. The first kappa shape index (κ1) is 27.0. The summed E-state index contributed by atoms with van der Waals surface area (Å²) in [5.41, 5.74) is -0.498. The highest BCUT2D eigenvalue weighted by Crippen LogP contribution is 2.55. The summed E-state index contributed by atoms with van der Waals surface area (Å²) >= 11 is 5.92. The maximum absolute atomic E-state index is 13.4. The molecule has 0 radical (unpaired) electrons. The highest BCUT2D eigenvalue weighted by molar-refractivity contribution is 7.54. The average Bonchev–Trinajstić information content (AvgIpc) is 3.14. The minimum atomic E-state index is -3.71. The molecule has 0 saturated heterocycles. The fourth-order valence-electron chi connectivity index (χ4n) is 3.15. The summed E-state index contributed by atoms with van der Waals surface area (Å²) in [5.74, 6) is 0.786. The molecule has 0 bridgehead atoms. The predicted octanol–water partition coefficient (Wildman–Crippen LogP) is 5.21. The molecule has 1 N–H and O–H groups in total. The lowest BCUT2D eigenvalue weighted by molar-refractivity contribution is -0.168. The van der Waals surface area contributed by atoms with E-state index in [9.17, 15) is 9.67 Å². The molecule has 32 heavy (non-hydrogen) atoms. The Kier molecular flexibility index (Phi) is 10.3. The Morgan fingerprint density at radius 1 is 1.12 bits per heavy atom. The number of rotatable bonds is 13. The summed E-state index contributed by atoms with van der Waals surface area (Å²) in [7, 11) is -3.71. The van der Waals surface area contributed by atoms with E-state index in [1.54, 1.807) is 34.6 Å². The molecule has 0 aliphatic rings. The number of hydrogen-bond donors (Lipinski definition) is 1. The van der Waals surface area contributed by atoms with Crippen LogP contribution in [0.15, 0.2) is 28.8 Å². The zero-order chi connectivity index (χ0) is 23.8. The van der Waals surface area contributed by atoms with Gasteiger partial charge in [-0.2, -0.15) is 4.98 Å². The van der Waals surface area contributed by atoms with Gasteiger partial charge in [-0.1, -0.05) is 28.9 Å². The Bertz CT molecular complexity index is 858. The quantitative estimate of drug-likeness (QED) is 0.302. The maximum atomic E-state index is 13.4. The van der Waals surface area contributed by atoms with Gasteiger partial charge in [0, 0.05) is 17.9 Å². The van der Waals surface area contributed by atoms with Crippen LogP contribution in [0.1, 0.15) is 58.3 Å². The topological polar surface area (TPSA) is 104 Å². The normalized spacial score (nSPS) is 14.5. The lowest BCUT2D eigenvalue weighted by Gasteiger charge is -2.32. The van der Waals surface area contributed by atoms with Gasteiger partial charge in [0.15, 0.2) is 12.1 Å². The molecule has 8 nitrogen and oxygen atoms in total. The maximum Gasteiger partial charge on any atom is 0.339 e. The SMILES string of the molecule is CCOP(=O)(OCC)C(Cc1nc(CCCc2ccc(Cl)cc2)no1)C(O)OC(C)(C)C. The standard InChI is InChI=1S/C22H34ClN2O6P/c1-6-28-32(27,29-7-2)18(21(26)30-22(3,4)5)15-20-24-19(25-31-20)10-8-9-16-11-13-17(23)14-12-16/h11-14,18,21,26H,6-10,15H2,1-5H3. The molecule has 0 amide bonds. The van der Waals surface area contributed by atoms with E-state index in [-0.39, 0.29) is 25.5 Å². The zero-order valence-corrected chi connectivity index (χ0v) is 21.1. The highest BCUT2D eigenvalue weighted by Gasteiger charge is 2.44. The Morgan fingerprint density at radius 3 is 2.31 bits per heavy atom. The van der Waals surface area contributed by atoms with E-state index in [0.29, 0.717) is 17.3 Å². The molecule has 2 aromatic rings. The van der Waals surface area contributed by atoms with Gasteiger partial charge in [0.2, 0.25) is 5.89 Å². The van der Waals surface area contributed by atoms with Gasteiger partial charge < -0.3 is 23.4 Å². The van der Waals surface area contributed by atoms with Crippen LogP contribution in [0.25, 0.3) is 0 Å². The molecule has 1 aromatic heterocycles. The summed E-state index contributed by atoms with van der Waals surface area (Å²) in [6.07, 6.45) is 0.895. The molecule has 2 rings (SSSR count). The molecule has 180 valence electrons. The molecule has 0 aliphatic heterocycles. The van der Waals surface area contributed by atoms with Crippen LogP contribution < -0.4 is 0 Å². The third-order valence-electron chi connectivity index (χ3n) is 4.50. The summed E-state index contributed by atoms with van der Waals surface area (Å²) in [4.78, 5) is 4.41. The number of ether oxygens (including phenoxy) is 1. The minimum Gasteiger partial charge on any atom is -0.367 e. The Morgan fingerprint density at radius 2 is 1.75 bits per heavy atom. The highest BCUT2D eigenvalue weighted by atomic mass is 35.5. The van der Waals surface area contributed by atoms with Crippen LogP contribution in [-0.2, 0) is 37.6 Å². The van der Waals surface area contributed by atoms with Crippen molar-refractivity contribution in [1.29, 1.82) is 0 Å². The molecular formula is C22H34ClN2O6P. The van der Waals surface area contributed by atoms with Crippen LogP contribution in [0.4, 0.5) is 0 Å². The smallest absolute Gasteiger partial charge is 0.339 e. The van der Waals surface area contributed by atoms with Crippen molar-refractivity contribution in [1.82, 2.24) is 10.1 Å². The average molecular weight is 489 g/mol. The molecule has 0 fully saturated rings. The zero-order valence-electron chi connectivity index (χ0n) is 19.4. The molecule has 0 saturated carbocycles. The van der Waals surface area contributed by atoms with Crippen molar-refractivity contribution in [3.8, 4) is 0 Å². The first-order chi connectivity index (χ1) is 15.1. The summed E-state index contributed by atoms with van der Waals surface area (Å²) in [6.45, 7) is 9.14. The minimum absolute atomic E-state index is 0.00128. The predicted molar refractivity (Wildman–Crippen MR) is 123 cm³/mol. The van der Waals surface area contributed by atoms with Crippen LogP contribution in [0.5, 0.6) is 0 Å². The van der Waals surface area contributed by atoms with Crippen molar-refractivity contribution in [2.45, 2.75) is 77.9 Å². The van der Waals surface area contributed by atoms with Crippen molar-refractivity contribution in [2.24, 2.45) is 0 Å². The van der Waals surface area contributed by atoms with Gasteiger partial charge in [0.25, 0.3) is 0 Å². The van der Waals surface area contributed by atoms with E-state index >= 15 is 0 Å². The lowest BCUT2D eigenvalue weighted by Crippen LogP contribution is -2.38. The monoisotopic (exact) mass is 488 g/mol. The van der Waals surface area contributed by atoms with Crippen LogP contribution in [0.2, 0.25) is 5.02 Å². The molecular weight excluding hydrogens is 455 g/mol. The number of aliphatic hydroxyl groups is 1. The molecule has 1 aromatic carbocycles. The van der Waals surface area contributed by atoms with E-state index in [1.807, 2.05) is 24.3 Å². The van der Waals surface area contributed by atoms with Gasteiger partial charge in [-0.05, 0) is 65.2 Å². The summed E-state index contributed by atoms with van der Waals surface area (Å²) in [6, 6.07) is 7.71. The summed E-state index contributed by atoms with van der Waals surface area (Å²) in [5, 5.41) is 15.5. The van der Waals surface area contributed by atoms with Crippen LogP contribution >= 0.6 is 19.2 Å². The van der Waals surface area contributed by atoms with Crippen molar-refractivity contribution in [3.05, 3.63) is 46.6 Å². The second-order valence-electron chi connectivity index (χ2n) is 8.35. The van der Waals surface area contributed by atoms with Crippen molar-refractivity contribution in [2.75, 3.05) is 13.2 Å². The van der Waals surface area contributed by atoms with E-state index < -0.39 is 25.1 Å². The van der Waals surface area contributed by atoms with Gasteiger partial charge in [-0.25, -0.2) is 0 Å². The van der Waals surface area contributed by atoms with Crippen molar-refractivity contribution >= 4 is 19.2 Å².